The molecule has 4 nitrogen and oxygen atoms in total. The largest absolute Gasteiger partial charge is 0.378 e. The highest BCUT2D eigenvalue weighted by Gasteiger charge is 2.25. The summed E-state index contributed by atoms with van der Waals surface area (Å²) in [6.45, 7) is 5.48. The summed E-state index contributed by atoms with van der Waals surface area (Å²) in [5.41, 5.74) is 2.39. The Bertz CT molecular complexity index is 450. The number of rotatable bonds is 5. The van der Waals surface area contributed by atoms with Crippen LogP contribution < -0.4 is 10.2 Å². The monoisotopic (exact) mass is 289 g/mol. The summed E-state index contributed by atoms with van der Waals surface area (Å²) in [7, 11) is 4.07. The lowest BCUT2D eigenvalue weighted by Gasteiger charge is -2.29. The van der Waals surface area contributed by atoms with Crippen molar-refractivity contribution in [1.82, 2.24) is 10.2 Å². The number of nitrogens with one attached hydrogen (secondary N) is 1. The molecule has 4 heteroatoms. The van der Waals surface area contributed by atoms with E-state index in [4.69, 9.17) is 0 Å². The normalized spacial score (nSPS) is 15.8. The summed E-state index contributed by atoms with van der Waals surface area (Å²) in [5.74, 6) is 0.517. The van der Waals surface area contributed by atoms with Crippen molar-refractivity contribution in [2.75, 3.05) is 38.6 Å². The summed E-state index contributed by atoms with van der Waals surface area (Å²) >= 11 is 0. The van der Waals surface area contributed by atoms with Gasteiger partial charge in [0.25, 0.3) is 0 Å². The van der Waals surface area contributed by atoms with E-state index in [1.807, 2.05) is 19.0 Å². The van der Waals surface area contributed by atoms with E-state index in [9.17, 15) is 4.79 Å². The first-order valence-electron chi connectivity index (χ1n) is 7.87. The van der Waals surface area contributed by atoms with Crippen molar-refractivity contribution in [2.45, 2.75) is 26.3 Å². The molecule has 1 aliphatic heterocycles. The molecule has 1 amide bonds. The van der Waals surface area contributed by atoms with Gasteiger partial charge in [0, 0.05) is 38.8 Å². The van der Waals surface area contributed by atoms with E-state index >= 15 is 0 Å². The van der Waals surface area contributed by atoms with E-state index in [-0.39, 0.29) is 5.92 Å². The molecular weight excluding hydrogens is 262 g/mol. The quantitative estimate of drug-likeness (QED) is 0.901. The second-order valence-electron chi connectivity index (χ2n) is 5.94. The Morgan fingerprint density at radius 2 is 1.81 bits per heavy atom. The van der Waals surface area contributed by atoms with E-state index < -0.39 is 0 Å². The molecule has 1 aromatic rings. The summed E-state index contributed by atoms with van der Waals surface area (Å²) in [6.07, 6.45) is 1.93. The lowest BCUT2D eigenvalue weighted by atomic mass is 9.96. The Balaban J connectivity index is 1.99. The molecule has 0 unspecified atom stereocenters. The van der Waals surface area contributed by atoms with Gasteiger partial charge in [-0.05, 0) is 50.6 Å². The van der Waals surface area contributed by atoms with Gasteiger partial charge in [-0.3, -0.25) is 4.79 Å². The molecule has 0 saturated carbocycles. The highest BCUT2D eigenvalue weighted by molar-refractivity contribution is 5.79. The van der Waals surface area contributed by atoms with Crippen LogP contribution >= 0.6 is 0 Å². The van der Waals surface area contributed by atoms with Crippen LogP contribution in [-0.2, 0) is 11.3 Å². The second kappa shape index (κ2) is 7.46. The van der Waals surface area contributed by atoms with Crippen molar-refractivity contribution >= 4 is 11.6 Å². The first kappa shape index (κ1) is 15.8. The van der Waals surface area contributed by atoms with Crippen LogP contribution in [0.15, 0.2) is 24.3 Å². The minimum absolute atomic E-state index is 0.201. The first-order valence-corrected chi connectivity index (χ1v) is 7.87. The van der Waals surface area contributed by atoms with Crippen LogP contribution in [0.25, 0.3) is 0 Å². The topological polar surface area (TPSA) is 35.6 Å². The number of nitrogens with zero attached hydrogens (tertiary/aromatic N) is 2. The van der Waals surface area contributed by atoms with E-state index in [1.165, 1.54) is 11.3 Å². The first-order chi connectivity index (χ1) is 10.1. The second-order valence-corrected chi connectivity index (χ2v) is 5.94. The van der Waals surface area contributed by atoms with Crippen molar-refractivity contribution in [2.24, 2.45) is 5.92 Å². The number of benzene rings is 1. The average Bonchev–Trinajstić information content (AvgIpc) is 2.53. The molecule has 0 aliphatic carbocycles. The Hall–Kier alpha value is -1.55. The fourth-order valence-corrected chi connectivity index (χ4v) is 2.79. The van der Waals surface area contributed by atoms with Crippen LogP contribution in [0, 0.1) is 5.92 Å². The number of anilines is 1. The Labute approximate surface area is 128 Å². The molecule has 1 N–H and O–H groups in total. The van der Waals surface area contributed by atoms with Crippen LogP contribution in [0.3, 0.4) is 0 Å². The zero-order chi connectivity index (χ0) is 15.2. The van der Waals surface area contributed by atoms with Gasteiger partial charge in [0.1, 0.15) is 0 Å². The smallest absolute Gasteiger partial charge is 0.226 e. The van der Waals surface area contributed by atoms with Gasteiger partial charge in [0.15, 0.2) is 0 Å². The average molecular weight is 289 g/mol. The van der Waals surface area contributed by atoms with Gasteiger partial charge >= 0.3 is 0 Å². The molecule has 21 heavy (non-hydrogen) atoms. The molecule has 0 atom stereocenters. The fraction of sp³-hybridized carbons (Fsp3) is 0.588. The predicted octanol–water partition coefficient (Wildman–Crippen LogP) is 2.10. The van der Waals surface area contributed by atoms with Gasteiger partial charge in [-0.2, -0.15) is 0 Å². The number of piperidine rings is 1. The molecule has 1 heterocycles. The maximum absolute atomic E-state index is 12.6. The Morgan fingerprint density at radius 1 is 1.19 bits per heavy atom. The molecule has 2 rings (SSSR count). The van der Waals surface area contributed by atoms with Crippen LogP contribution in [0.1, 0.15) is 25.3 Å². The van der Waals surface area contributed by atoms with E-state index in [2.05, 4.69) is 41.4 Å². The standard InChI is InChI=1S/C17H27N3O/c1-4-20(17(21)15-9-11-18-12-10-15)13-14-5-7-16(8-6-14)19(2)3/h5-8,15,18H,4,9-13H2,1-3H3. The third-order valence-electron chi connectivity index (χ3n) is 4.21. The van der Waals surface area contributed by atoms with Crippen molar-refractivity contribution in [3.05, 3.63) is 29.8 Å². The lowest BCUT2D eigenvalue weighted by molar-refractivity contribution is -0.136. The highest BCUT2D eigenvalue weighted by atomic mass is 16.2. The molecule has 1 aromatic carbocycles. The summed E-state index contributed by atoms with van der Waals surface area (Å²) < 4.78 is 0. The van der Waals surface area contributed by atoms with Crippen molar-refractivity contribution in [1.29, 1.82) is 0 Å². The molecule has 1 fully saturated rings. The number of carbonyl (C=O) groups is 1. The molecular formula is C17H27N3O. The molecule has 1 aliphatic rings. The maximum atomic E-state index is 12.6. The van der Waals surface area contributed by atoms with Gasteiger partial charge < -0.3 is 15.1 Å². The zero-order valence-electron chi connectivity index (χ0n) is 13.4. The van der Waals surface area contributed by atoms with Crippen LogP contribution in [-0.4, -0.2) is 44.5 Å². The van der Waals surface area contributed by atoms with E-state index in [1.54, 1.807) is 0 Å². The molecule has 0 spiro atoms. The zero-order valence-corrected chi connectivity index (χ0v) is 13.4. The van der Waals surface area contributed by atoms with Gasteiger partial charge in [-0.25, -0.2) is 0 Å². The SMILES string of the molecule is CCN(Cc1ccc(N(C)C)cc1)C(=O)C1CCNCC1. The van der Waals surface area contributed by atoms with Crippen molar-refractivity contribution in [3.63, 3.8) is 0 Å². The van der Waals surface area contributed by atoms with E-state index in [0.29, 0.717) is 12.5 Å². The van der Waals surface area contributed by atoms with Gasteiger partial charge in [-0.1, -0.05) is 12.1 Å². The number of amides is 1. The van der Waals surface area contributed by atoms with Crippen molar-refractivity contribution < 1.29 is 4.79 Å². The maximum Gasteiger partial charge on any atom is 0.226 e. The lowest BCUT2D eigenvalue weighted by Crippen LogP contribution is -2.40. The number of hydrogen-bond acceptors (Lipinski definition) is 3. The molecule has 0 bridgehead atoms. The molecule has 1 saturated heterocycles. The van der Waals surface area contributed by atoms with Crippen LogP contribution in [0.2, 0.25) is 0 Å². The summed E-state index contributed by atoms with van der Waals surface area (Å²) in [5, 5.41) is 3.32. The highest BCUT2D eigenvalue weighted by Crippen LogP contribution is 2.18. The van der Waals surface area contributed by atoms with Crippen LogP contribution in [0.5, 0.6) is 0 Å². The number of hydrogen-bond donors (Lipinski definition) is 1. The van der Waals surface area contributed by atoms with Crippen LogP contribution in [0.4, 0.5) is 5.69 Å². The number of carbonyl (C=O) groups excluding carboxylic acids is 1. The fourth-order valence-electron chi connectivity index (χ4n) is 2.79. The minimum atomic E-state index is 0.201. The third-order valence-corrected chi connectivity index (χ3v) is 4.21. The van der Waals surface area contributed by atoms with E-state index in [0.717, 1.165) is 32.5 Å². The molecule has 116 valence electrons. The van der Waals surface area contributed by atoms with Gasteiger partial charge in [0.2, 0.25) is 5.91 Å². The summed E-state index contributed by atoms with van der Waals surface area (Å²) in [4.78, 5) is 16.7. The minimum Gasteiger partial charge on any atom is -0.378 e. The Morgan fingerprint density at radius 3 is 2.33 bits per heavy atom. The van der Waals surface area contributed by atoms with Gasteiger partial charge in [-0.15, -0.1) is 0 Å². The summed E-state index contributed by atoms with van der Waals surface area (Å²) in [6, 6.07) is 8.46. The van der Waals surface area contributed by atoms with Gasteiger partial charge in [0.05, 0.1) is 0 Å². The van der Waals surface area contributed by atoms with Crippen molar-refractivity contribution in [3.8, 4) is 0 Å². The molecule has 0 aromatic heterocycles. The predicted molar refractivity (Wildman–Crippen MR) is 87.5 cm³/mol. The Kier molecular flexibility index (Phi) is 5.62. The molecule has 0 radical (unpaired) electrons. The third kappa shape index (κ3) is 4.21.